The van der Waals surface area contributed by atoms with Crippen molar-refractivity contribution in [3.05, 3.63) is 36.0 Å². The van der Waals surface area contributed by atoms with Crippen LogP contribution in [0.4, 0.5) is 0 Å². The Balaban J connectivity index is 2.13. The Morgan fingerprint density at radius 1 is 1.12 bits per heavy atom. The summed E-state index contributed by atoms with van der Waals surface area (Å²) in [6.45, 7) is 7.25. The third-order valence-electron chi connectivity index (χ3n) is 3.66. The number of aromatic amines is 1. The van der Waals surface area contributed by atoms with E-state index in [1.807, 2.05) is 44.3 Å². The Morgan fingerprint density at radius 2 is 1.83 bits per heavy atom. The van der Waals surface area contributed by atoms with Gasteiger partial charge in [-0.25, -0.2) is 0 Å². The second-order valence-corrected chi connectivity index (χ2v) is 5.25. The van der Waals surface area contributed by atoms with Gasteiger partial charge in [0.25, 0.3) is 0 Å². The van der Waals surface area contributed by atoms with Crippen molar-refractivity contribution >= 4 is 16.9 Å². The monoisotopic (exact) mass is 334 g/mol. The molecule has 0 amide bonds. The maximum atomic E-state index is 12.3. The molecule has 2 rings (SSSR count). The quantitative estimate of drug-likeness (QED) is 0.516. The van der Waals surface area contributed by atoms with Crippen LogP contribution in [0.3, 0.4) is 0 Å². The highest BCUT2D eigenvalue weighted by Gasteiger charge is 2.30. The summed E-state index contributed by atoms with van der Waals surface area (Å²) in [5.41, 5.74) is 2.14. The summed E-state index contributed by atoms with van der Waals surface area (Å²) in [4.78, 5) is 15.5. The highest BCUT2D eigenvalue weighted by atomic mass is 16.7. The number of carbonyl (C=O) groups is 1. The van der Waals surface area contributed by atoms with Crippen LogP contribution in [0.5, 0.6) is 0 Å². The topological polar surface area (TPSA) is 72.6 Å². The number of hydrogen-bond acceptors (Lipinski definition) is 5. The third kappa shape index (κ3) is 4.56. The number of benzene rings is 1. The van der Waals surface area contributed by atoms with Crippen LogP contribution in [0.15, 0.2) is 30.5 Å². The number of H-pyrrole nitrogens is 1. The molecule has 0 aliphatic carbocycles. The van der Waals surface area contributed by atoms with Crippen LogP contribution in [-0.4, -0.2) is 43.1 Å². The molecule has 6 nitrogen and oxygen atoms in total. The highest BCUT2D eigenvalue weighted by molar-refractivity contribution is 5.83. The molecule has 0 aliphatic rings. The van der Waals surface area contributed by atoms with Gasteiger partial charge < -0.3 is 19.2 Å². The third-order valence-corrected chi connectivity index (χ3v) is 3.66. The summed E-state index contributed by atoms with van der Waals surface area (Å²) in [5.74, 6) is -0.371. The van der Waals surface area contributed by atoms with Gasteiger partial charge in [-0.2, -0.15) is 0 Å². The molecule has 1 atom stereocenters. The molecule has 0 bridgehead atoms. The van der Waals surface area contributed by atoms with E-state index >= 15 is 0 Å². The van der Waals surface area contributed by atoms with Crippen molar-refractivity contribution in [2.45, 2.75) is 39.6 Å². The van der Waals surface area contributed by atoms with Crippen molar-refractivity contribution in [2.24, 2.45) is 0 Å². The van der Waals surface area contributed by atoms with Crippen molar-refractivity contribution in [1.82, 2.24) is 10.3 Å². The number of esters is 1. The average Bonchev–Trinajstić information content (AvgIpc) is 2.99. The maximum Gasteiger partial charge on any atom is 0.328 e. The van der Waals surface area contributed by atoms with Gasteiger partial charge in [-0.15, -0.1) is 0 Å². The molecule has 1 heterocycles. The fraction of sp³-hybridized carbons (Fsp3) is 0.500. The lowest BCUT2D eigenvalue weighted by atomic mass is 10.1. The molecule has 0 saturated heterocycles. The number of ether oxygens (including phenoxy) is 3. The van der Waals surface area contributed by atoms with Gasteiger partial charge in [0.1, 0.15) is 0 Å². The van der Waals surface area contributed by atoms with E-state index in [1.54, 1.807) is 6.92 Å². The van der Waals surface area contributed by atoms with Crippen molar-refractivity contribution in [3.63, 3.8) is 0 Å². The molecule has 0 radical (unpaired) electrons. The Bertz CT molecular complexity index is 635. The van der Waals surface area contributed by atoms with Gasteiger partial charge in [0.2, 0.25) is 0 Å². The van der Waals surface area contributed by atoms with Crippen LogP contribution in [0.2, 0.25) is 0 Å². The fourth-order valence-electron chi connectivity index (χ4n) is 2.59. The Hall–Kier alpha value is -1.89. The summed E-state index contributed by atoms with van der Waals surface area (Å²) in [6, 6.07) is 7.36. The number of aromatic nitrogens is 1. The van der Waals surface area contributed by atoms with Gasteiger partial charge in [-0.05, 0) is 32.4 Å². The Kier molecular flexibility index (Phi) is 7.24. The van der Waals surface area contributed by atoms with E-state index in [9.17, 15) is 4.79 Å². The predicted octanol–water partition coefficient (Wildman–Crippen LogP) is 2.59. The van der Waals surface area contributed by atoms with Gasteiger partial charge in [-0.1, -0.05) is 18.2 Å². The fourth-order valence-corrected chi connectivity index (χ4v) is 2.59. The van der Waals surface area contributed by atoms with Gasteiger partial charge in [-0.3, -0.25) is 10.1 Å². The number of fused-ring (bicyclic) bond motifs is 1. The Labute approximate surface area is 142 Å². The molecule has 132 valence electrons. The summed E-state index contributed by atoms with van der Waals surface area (Å²) in [7, 11) is 0. The van der Waals surface area contributed by atoms with Crippen LogP contribution in [0.25, 0.3) is 10.9 Å². The summed E-state index contributed by atoms with van der Waals surface area (Å²) in [6.07, 6.45) is 1.26. The molecule has 1 aromatic carbocycles. The smallest absolute Gasteiger partial charge is 0.328 e. The number of carbonyl (C=O) groups excluding carboxylic acids is 1. The first-order valence-corrected chi connectivity index (χ1v) is 8.39. The normalized spacial score (nSPS) is 12.7. The van der Waals surface area contributed by atoms with Crippen LogP contribution >= 0.6 is 0 Å². The highest BCUT2D eigenvalue weighted by Crippen LogP contribution is 2.18. The molecule has 0 spiro atoms. The molecule has 2 N–H and O–H groups in total. The molecule has 2 aromatic rings. The molecule has 0 fully saturated rings. The number of rotatable bonds is 10. The standard InChI is InChI=1S/C18H26N2O4/c1-4-22-17(21)16(18(23-5-2)24-6-3)20-12-13-11-19-15-10-8-7-9-14(13)15/h7-11,16,18-20H,4-6,12H2,1-3H3. The van der Waals surface area contributed by atoms with Crippen LogP contribution in [0, 0.1) is 0 Å². The first-order valence-electron chi connectivity index (χ1n) is 8.39. The summed E-state index contributed by atoms with van der Waals surface area (Å²) < 4.78 is 16.3. The molecule has 6 heteroatoms. The second-order valence-electron chi connectivity index (χ2n) is 5.25. The van der Waals surface area contributed by atoms with E-state index in [0.29, 0.717) is 26.4 Å². The van der Waals surface area contributed by atoms with Gasteiger partial charge in [0.05, 0.1) is 6.61 Å². The first kappa shape index (κ1) is 18.4. The van der Waals surface area contributed by atoms with Gasteiger partial charge in [0.15, 0.2) is 12.3 Å². The second kappa shape index (κ2) is 9.42. The number of nitrogens with one attached hydrogen (secondary N) is 2. The van der Waals surface area contributed by atoms with Crippen molar-refractivity contribution in [1.29, 1.82) is 0 Å². The maximum absolute atomic E-state index is 12.3. The van der Waals surface area contributed by atoms with E-state index in [4.69, 9.17) is 14.2 Å². The van der Waals surface area contributed by atoms with Crippen molar-refractivity contribution < 1.29 is 19.0 Å². The SMILES string of the molecule is CCOC(=O)C(NCc1c[nH]c2ccccc12)C(OCC)OCC. The molecule has 0 aliphatic heterocycles. The predicted molar refractivity (Wildman–Crippen MR) is 92.6 cm³/mol. The van der Waals surface area contributed by atoms with Crippen molar-refractivity contribution in [2.75, 3.05) is 19.8 Å². The number of para-hydroxylation sites is 1. The molecule has 1 unspecified atom stereocenters. The lowest BCUT2D eigenvalue weighted by molar-refractivity contribution is -0.179. The minimum atomic E-state index is -0.682. The summed E-state index contributed by atoms with van der Waals surface area (Å²) in [5, 5.41) is 4.35. The van der Waals surface area contributed by atoms with Crippen LogP contribution < -0.4 is 5.32 Å². The van der Waals surface area contributed by atoms with E-state index in [-0.39, 0.29) is 5.97 Å². The van der Waals surface area contributed by atoms with E-state index in [0.717, 1.165) is 16.5 Å². The zero-order valence-electron chi connectivity index (χ0n) is 14.5. The molecular formula is C18H26N2O4. The first-order chi connectivity index (χ1) is 11.7. The number of hydrogen-bond donors (Lipinski definition) is 2. The van der Waals surface area contributed by atoms with E-state index < -0.39 is 12.3 Å². The average molecular weight is 334 g/mol. The molecular weight excluding hydrogens is 308 g/mol. The molecule has 0 saturated carbocycles. The minimum Gasteiger partial charge on any atom is -0.465 e. The Morgan fingerprint density at radius 3 is 2.50 bits per heavy atom. The van der Waals surface area contributed by atoms with E-state index in [2.05, 4.69) is 10.3 Å². The minimum absolute atomic E-state index is 0.315. The van der Waals surface area contributed by atoms with Crippen LogP contribution in [0.1, 0.15) is 26.3 Å². The zero-order chi connectivity index (χ0) is 17.4. The van der Waals surface area contributed by atoms with Crippen molar-refractivity contribution in [3.8, 4) is 0 Å². The van der Waals surface area contributed by atoms with Crippen LogP contribution in [-0.2, 0) is 25.5 Å². The molecule has 24 heavy (non-hydrogen) atoms. The zero-order valence-corrected chi connectivity index (χ0v) is 14.5. The summed E-state index contributed by atoms with van der Waals surface area (Å²) >= 11 is 0. The molecule has 1 aromatic heterocycles. The lowest BCUT2D eigenvalue weighted by Gasteiger charge is -2.26. The van der Waals surface area contributed by atoms with Gasteiger partial charge in [0, 0.05) is 36.9 Å². The van der Waals surface area contributed by atoms with E-state index in [1.165, 1.54) is 0 Å². The van der Waals surface area contributed by atoms with Gasteiger partial charge >= 0.3 is 5.97 Å². The largest absolute Gasteiger partial charge is 0.465 e. The lowest BCUT2D eigenvalue weighted by Crippen LogP contribution is -2.49.